The number of methoxy groups -OCH3 is 1. The van der Waals surface area contributed by atoms with Crippen LogP contribution in [-0.4, -0.2) is 24.7 Å². The number of carbonyl (C=O) groups excluding carboxylic acids is 1. The van der Waals surface area contributed by atoms with E-state index in [-0.39, 0.29) is 12.5 Å². The van der Waals surface area contributed by atoms with Gasteiger partial charge in [0, 0.05) is 7.11 Å². The highest BCUT2D eigenvalue weighted by atomic mass is 16.5. The van der Waals surface area contributed by atoms with Crippen LogP contribution in [0.4, 0.5) is 0 Å². The Kier molecular flexibility index (Phi) is 5.31. The lowest BCUT2D eigenvalue weighted by molar-refractivity contribution is -0.132. The predicted molar refractivity (Wildman–Crippen MR) is 85.2 cm³/mol. The fraction of sp³-hybridized carbons (Fsp3) is 0.278. The molecule has 0 aliphatic heterocycles. The molecule has 0 bridgehead atoms. The molecule has 2 aromatic carbocycles. The van der Waals surface area contributed by atoms with E-state index < -0.39 is 11.7 Å². The summed E-state index contributed by atoms with van der Waals surface area (Å²) in [6.45, 7) is 1.79. The molecule has 4 nitrogen and oxygen atoms in total. The summed E-state index contributed by atoms with van der Waals surface area (Å²) in [6.07, 6.45) is -0.687. The maximum atomic E-state index is 12.3. The van der Waals surface area contributed by atoms with Crippen LogP contribution < -0.4 is 5.32 Å². The molecule has 2 N–H and O–H groups in total. The van der Waals surface area contributed by atoms with Crippen molar-refractivity contribution in [2.45, 2.75) is 18.6 Å². The molecule has 0 saturated heterocycles. The highest BCUT2D eigenvalue weighted by Gasteiger charge is 2.26. The Morgan fingerprint density at radius 3 is 2.23 bits per heavy atom. The van der Waals surface area contributed by atoms with Crippen molar-refractivity contribution in [3.8, 4) is 0 Å². The quantitative estimate of drug-likeness (QED) is 0.861. The second-order valence-electron chi connectivity index (χ2n) is 5.38. The van der Waals surface area contributed by atoms with Crippen molar-refractivity contribution in [3.63, 3.8) is 0 Å². The van der Waals surface area contributed by atoms with Crippen LogP contribution in [0.25, 0.3) is 0 Å². The molecule has 2 atom stereocenters. The average molecular weight is 299 g/mol. The molecule has 22 heavy (non-hydrogen) atoms. The standard InChI is InChI=1S/C18H21NO3/c1-18(21,15-11-7-4-8-12-15)13-19-17(20)16(22-2)14-9-5-3-6-10-14/h3-12,16,21H,13H2,1-2H3,(H,19,20). The lowest BCUT2D eigenvalue weighted by Crippen LogP contribution is -2.41. The van der Waals surface area contributed by atoms with Crippen LogP contribution in [0.5, 0.6) is 0 Å². The Morgan fingerprint density at radius 1 is 1.14 bits per heavy atom. The fourth-order valence-electron chi connectivity index (χ4n) is 2.27. The van der Waals surface area contributed by atoms with Crippen LogP contribution in [0.1, 0.15) is 24.2 Å². The van der Waals surface area contributed by atoms with Gasteiger partial charge in [-0.1, -0.05) is 60.7 Å². The molecule has 0 aromatic heterocycles. The van der Waals surface area contributed by atoms with Gasteiger partial charge in [0.2, 0.25) is 0 Å². The van der Waals surface area contributed by atoms with E-state index in [0.29, 0.717) is 0 Å². The number of nitrogens with one attached hydrogen (secondary N) is 1. The van der Waals surface area contributed by atoms with E-state index >= 15 is 0 Å². The molecule has 0 heterocycles. The topological polar surface area (TPSA) is 58.6 Å². The van der Waals surface area contributed by atoms with Crippen LogP contribution >= 0.6 is 0 Å². The van der Waals surface area contributed by atoms with Gasteiger partial charge >= 0.3 is 0 Å². The Hall–Kier alpha value is -2.17. The smallest absolute Gasteiger partial charge is 0.253 e. The number of aliphatic hydroxyl groups is 1. The summed E-state index contributed by atoms with van der Waals surface area (Å²) in [4.78, 5) is 12.3. The van der Waals surface area contributed by atoms with E-state index in [1.54, 1.807) is 6.92 Å². The summed E-state index contributed by atoms with van der Waals surface area (Å²) >= 11 is 0. The zero-order valence-corrected chi connectivity index (χ0v) is 12.8. The van der Waals surface area contributed by atoms with E-state index in [2.05, 4.69) is 5.32 Å². The Morgan fingerprint density at radius 2 is 1.68 bits per heavy atom. The van der Waals surface area contributed by atoms with Crippen molar-refractivity contribution in [1.29, 1.82) is 0 Å². The zero-order valence-electron chi connectivity index (χ0n) is 12.8. The molecular weight excluding hydrogens is 278 g/mol. The molecule has 2 rings (SSSR count). The van der Waals surface area contributed by atoms with E-state index in [0.717, 1.165) is 11.1 Å². The van der Waals surface area contributed by atoms with Gasteiger partial charge in [-0.05, 0) is 18.1 Å². The summed E-state index contributed by atoms with van der Waals surface area (Å²) in [6, 6.07) is 18.5. The first-order chi connectivity index (χ1) is 10.5. The van der Waals surface area contributed by atoms with Gasteiger partial charge in [0.15, 0.2) is 6.10 Å². The molecule has 0 saturated carbocycles. The molecule has 4 heteroatoms. The third kappa shape index (κ3) is 3.93. The SMILES string of the molecule is COC(C(=O)NCC(C)(O)c1ccccc1)c1ccccc1. The van der Waals surface area contributed by atoms with Crippen LogP contribution in [-0.2, 0) is 15.1 Å². The van der Waals surface area contributed by atoms with E-state index in [1.807, 2.05) is 60.7 Å². The van der Waals surface area contributed by atoms with Gasteiger partial charge < -0.3 is 15.2 Å². The van der Waals surface area contributed by atoms with E-state index in [4.69, 9.17) is 4.74 Å². The molecule has 1 amide bonds. The molecule has 0 fully saturated rings. The van der Waals surface area contributed by atoms with Crippen molar-refractivity contribution < 1.29 is 14.6 Å². The summed E-state index contributed by atoms with van der Waals surface area (Å²) in [5.41, 5.74) is 0.400. The van der Waals surface area contributed by atoms with Gasteiger partial charge in [0.05, 0.1) is 6.54 Å². The van der Waals surface area contributed by atoms with Crippen molar-refractivity contribution in [1.82, 2.24) is 5.32 Å². The number of amides is 1. The Bertz CT molecular complexity index is 596. The van der Waals surface area contributed by atoms with Gasteiger partial charge in [0.1, 0.15) is 5.60 Å². The van der Waals surface area contributed by atoms with E-state index in [1.165, 1.54) is 7.11 Å². The molecule has 2 aromatic rings. The van der Waals surface area contributed by atoms with Gasteiger partial charge in [0.25, 0.3) is 5.91 Å². The van der Waals surface area contributed by atoms with Gasteiger partial charge in [-0.25, -0.2) is 0 Å². The maximum Gasteiger partial charge on any atom is 0.253 e. The monoisotopic (exact) mass is 299 g/mol. The van der Waals surface area contributed by atoms with Crippen LogP contribution in [0.2, 0.25) is 0 Å². The zero-order chi connectivity index (χ0) is 16.0. The van der Waals surface area contributed by atoms with Crippen LogP contribution in [0.15, 0.2) is 60.7 Å². The second-order valence-corrected chi connectivity index (χ2v) is 5.38. The van der Waals surface area contributed by atoms with Crippen molar-refractivity contribution in [2.75, 3.05) is 13.7 Å². The second kappa shape index (κ2) is 7.20. The summed E-state index contributed by atoms with van der Waals surface area (Å²) in [5, 5.41) is 13.3. The minimum Gasteiger partial charge on any atom is -0.384 e. The molecular formula is C18H21NO3. The molecule has 0 radical (unpaired) electrons. The van der Waals surface area contributed by atoms with Crippen molar-refractivity contribution >= 4 is 5.91 Å². The Labute approximate surface area is 130 Å². The molecule has 0 aliphatic carbocycles. The third-order valence-electron chi connectivity index (χ3n) is 3.58. The number of ether oxygens (including phenoxy) is 1. The number of hydrogen-bond donors (Lipinski definition) is 2. The first kappa shape index (κ1) is 16.2. The Balaban J connectivity index is 2.02. The minimum absolute atomic E-state index is 0.114. The first-order valence-electron chi connectivity index (χ1n) is 7.18. The number of hydrogen-bond acceptors (Lipinski definition) is 3. The van der Waals surface area contributed by atoms with Crippen LogP contribution in [0.3, 0.4) is 0 Å². The number of carbonyl (C=O) groups is 1. The number of benzene rings is 2. The predicted octanol–water partition coefficient (Wildman–Crippen LogP) is 2.40. The summed E-state index contributed by atoms with van der Waals surface area (Å²) < 4.78 is 5.28. The van der Waals surface area contributed by atoms with E-state index in [9.17, 15) is 9.90 Å². The lowest BCUT2D eigenvalue weighted by atomic mass is 9.96. The van der Waals surface area contributed by atoms with Crippen molar-refractivity contribution in [3.05, 3.63) is 71.8 Å². The fourth-order valence-corrected chi connectivity index (χ4v) is 2.27. The molecule has 2 unspecified atom stereocenters. The first-order valence-corrected chi connectivity index (χ1v) is 7.18. The lowest BCUT2D eigenvalue weighted by Gasteiger charge is -2.25. The normalized spacial score (nSPS) is 14.9. The largest absolute Gasteiger partial charge is 0.384 e. The van der Waals surface area contributed by atoms with Gasteiger partial charge in [-0.3, -0.25) is 4.79 Å². The highest BCUT2D eigenvalue weighted by molar-refractivity contribution is 5.82. The van der Waals surface area contributed by atoms with Gasteiger partial charge in [-0.2, -0.15) is 0 Å². The molecule has 0 aliphatic rings. The summed E-state index contributed by atoms with van der Waals surface area (Å²) in [7, 11) is 1.49. The average Bonchev–Trinajstić information content (AvgIpc) is 2.56. The van der Waals surface area contributed by atoms with Crippen LogP contribution in [0, 0.1) is 0 Å². The van der Waals surface area contributed by atoms with Crippen molar-refractivity contribution in [2.24, 2.45) is 0 Å². The van der Waals surface area contributed by atoms with Gasteiger partial charge in [-0.15, -0.1) is 0 Å². The maximum absolute atomic E-state index is 12.3. The highest BCUT2D eigenvalue weighted by Crippen LogP contribution is 2.20. The summed E-state index contributed by atoms with van der Waals surface area (Å²) in [5.74, 6) is -0.273. The number of rotatable bonds is 6. The molecule has 116 valence electrons. The molecule has 0 spiro atoms. The third-order valence-corrected chi connectivity index (χ3v) is 3.58. The minimum atomic E-state index is -1.13.